The van der Waals surface area contributed by atoms with Crippen LogP contribution in [0.3, 0.4) is 0 Å². The normalized spacial score (nSPS) is 14.6. The first-order chi connectivity index (χ1) is 8.81. The molecule has 0 aliphatic rings. The van der Waals surface area contributed by atoms with E-state index in [9.17, 15) is 18.1 Å². The van der Waals surface area contributed by atoms with Crippen LogP contribution in [0.5, 0.6) is 0 Å². The molecule has 1 atom stereocenters. The minimum Gasteiger partial charge on any atom is -0.746 e. The van der Waals surface area contributed by atoms with Crippen LogP contribution < -0.4 is 29.6 Å². The summed E-state index contributed by atoms with van der Waals surface area (Å²) in [5, 5.41) is 9.47. The monoisotopic (exact) mass is 316 g/mol. The van der Waals surface area contributed by atoms with Gasteiger partial charge in [-0.2, -0.15) is 0 Å². The van der Waals surface area contributed by atoms with E-state index in [-0.39, 0.29) is 36.0 Å². The predicted octanol–water partition coefficient (Wildman–Crippen LogP) is 0.555. The van der Waals surface area contributed by atoms with Crippen LogP contribution in [0.25, 0.3) is 0 Å². The third-order valence-corrected chi connectivity index (χ3v) is 4.81. The Balaban J connectivity index is 0. The van der Waals surface area contributed by atoms with Crippen molar-refractivity contribution in [2.45, 2.75) is 89.4 Å². The number of unbranched alkanes of at least 4 members (excludes halogenated alkanes) is 9. The molecule has 0 saturated carbocycles. The van der Waals surface area contributed by atoms with Crippen LogP contribution in [0.15, 0.2) is 0 Å². The fraction of sp³-hybridized carbons (Fsp3) is 1.00. The molecule has 0 radical (unpaired) electrons. The van der Waals surface area contributed by atoms with Crippen molar-refractivity contribution in [2.24, 2.45) is 0 Å². The van der Waals surface area contributed by atoms with E-state index in [1.54, 1.807) is 0 Å². The van der Waals surface area contributed by atoms with Gasteiger partial charge < -0.3 is 9.66 Å². The zero-order valence-electron chi connectivity index (χ0n) is 13.4. The van der Waals surface area contributed by atoms with Crippen LogP contribution in [0.4, 0.5) is 0 Å². The van der Waals surface area contributed by atoms with Crippen LogP contribution in [0.1, 0.15) is 84.5 Å². The van der Waals surface area contributed by atoms with E-state index in [0.717, 1.165) is 26.2 Å². The minimum atomic E-state index is -4.61. The average molecular weight is 316 g/mol. The fourth-order valence-electron chi connectivity index (χ4n) is 2.07. The van der Waals surface area contributed by atoms with E-state index in [1.807, 2.05) is 0 Å². The van der Waals surface area contributed by atoms with E-state index < -0.39 is 15.1 Å². The van der Waals surface area contributed by atoms with Crippen molar-refractivity contribution in [3.63, 3.8) is 0 Å². The minimum absolute atomic E-state index is 0. The Bertz CT molecular complexity index is 315. The van der Waals surface area contributed by atoms with Gasteiger partial charge >= 0.3 is 29.6 Å². The first-order valence-corrected chi connectivity index (χ1v) is 8.90. The molecule has 0 aliphatic carbocycles. The second kappa shape index (κ2) is 12.4. The summed E-state index contributed by atoms with van der Waals surface area (Å²) in [4.78, 5) is -2.10. The van der Waals surface area contributed by atoms with Gasteiger partial charge in [0.25, 0.3) is 0 Å². The molecule has 4 nitrogen and oxygen atoms in total. The summed E-state index contributed by atoms with van der Waals surface area (Å²) in [5.41, 5.74) is 0. The van der Waals surface area contributed by atoms with Crippen LogP contribution in [-0.2, 0) is 10.1 Å². The summed E-state index contributed by atoms with van der Waals surface area (Å²) in [6.07, 6.45) is 11.4. The summed E-state index contributed by atoms with van der Waals surface area (Å²) in [7, 11) is -4.61. The van der Waals surface area contributed by atoms with Gasteiger partial charge in [-0.25, -0.2) is 8.42 Å². The molecule has 0 aromatic heterocycles. The number of aliphatic hydroxyl groups is 1. The van der Waals surface area contributed by atoms with Crippen molar-refractivity contribution in [3.05, 3.63) is 0 Å². The zero-order valence-corrected chi connectivity index (χ0v) is 16.2. The molecule has 0 aliphatic heterocycles. The summed E-state index contributed by atoms with van der Waals surface area (Å²) in [6.45, 7) is 3.29. The SMILES string of the molecule is CCCCCCCCCCCCC(C)(O)S(=O)(=O)[O-].[Na+]. The molecule has 6 heteroatoms. The Hall–Kier alpha value is 0.870. The maximum absolute atomic E-state index is 10.7. The molecule has 0 rings (SSSR count). The van der Waals surface area contributed by atoms with Gasteiger partial charge in [0.15, 0.2) is 4.93 Å². The van der Waals surface area contributed by atoms with Crippen molar-refractivity contribution >= 4 is 10.1 Å². The Morgan fingerprint density at radius 2 is 1.25 bits per heavy atom. The Morgan fingerprint density at radius 1 is 0.900 bits per heavy atom. The summed E-state index contributed by atoms with van der Waals surface area (Å²) < 4.78 is 32.2. The van der Waals surface area contributed by atoms with Crippen molar-refractivity contribution in [2.75, 3.05) is 0 Å². The molecule has 1 N–H and O–H groups in total. The van der Waals surface area contributed by atoms with Crippen molar-refractivity contribution in [3.8, 4) is 0 Å². The number of hydrogen-bond donors (Lipinski definition) is 1. The van der Waals surface area contributed by atoms with E-state index in [0.29, 0.717) is 6.42 Å². The molecule has 0 bridgehead atoms. The van der Waals surface area contributed by atoms with Crippen LogP contribution in [0, 0.1) is 0 Å². The first kappa shape index (κ1) is 23.1. The van der Waals surface area contributed by atoms with E-state index >= 15 is 0 Å². The molecule has 20 heavy (non-hydrogen) atoms. The molecule has 1 unspecified atom stereocenters. The largest absolute Gasteiger partial charge is 1.00 e. The summed E-state index contributed by atoms with van der Waals surface area (Å²) in [6, 6.07) is 0. The van der Waals surface area contributed by atoms with Crippen molar-refractivity contribution < 1.29 is 47.6 Å². The van der Waals surface area contributed by atoms with Crippen molar-refractivity contribution in [1.82, 2.24) is 0 Å². The second-order valence-electron chi connectivity index (χ2n) is 5.56. The molecule has 0 aromatic carbocycles. The maximum Gasteiger partial charge on any atom is 1.00 e. The second-order valence-corrected chi connectivity index (χ2v) is 7.35. The molecule has 116 valence electrons. The van der Waals surface area contributed by atoms with Gasteiger partial charge in [0, 0.05) is 0 Å². The third kappa shape index (κ3) is 11.5. The molecular weight excluding hydrogens is 287 g/mol. The van der Waals surface area contributed by atoms with Crippen LogP contribution >= 0.6 is 0 Å². The fourth-order valence-corrected chi connectivity index (χ4v) is 2.46. The van der Waals surface area contributed by atoms with E-state index in [1.165, 1.54) is 38.5 Å². The maximum atomic E-state index is 10.7. The first-order valence-electron chi connectivity index (χ1n) is 7.49. The standard InChI is InChI=1S/C14H30O4S.Na/c1-3-4-5-6-7-8-9-10-11-12-13-14(2,15)19(16,17)18;/h15H,3-13H2,1-2H3,(H,16,17,18);/q;+1/p-1. The average Bonchev–Trinajstić information content (AvgIpc) is 2.30. The summed E-state index contributed by atoms with van der Waals surface area (Å²) in [5.74, 6) is 0. The van der Waals surface area contributed by atoms with Gasteiger partial charge in [-0.05, 0) is 19.8 Å². The van der Waals surface area contributed by atoms with Gasteiger partial charge in [0.1, 0.15) is 10.1 Å². The molecular formula is C14H29NaO4S. The molecule has 0 amide bonds. The van der Waals surface area contributed by atoms with Crippen LogP contribution in [0.2, 0.25) is 0 Å². The van der Waals surface area contributed by atoms with Gasteiger partial charge in [0.05, 0.1) is 0 Å². The number of hydrogen-bond acceptors (Lipinski definition) is 4. The smallest absolute Gasteiger partial charge is 0.746 e. The van der Waals surface area contributed by atoms with Crippen LogP contribution in [-0.4, -0.2) is 23.0 Å². The summed E-state index contributed by atoms with van der Waals surface area (Å²) >= 11 is 0. The van der Waals surface area contributed by atoms with Gasteiger partial charge in [-0.1, -0.05) is 64.7 Å². The Labute approximate surface area is 146 Å². The molecule has 0 heterocycles. The molecule has 0 fully saturated rings. The molecule has 0 aromatic rings. The topological polar surface area (TPSA) is 77.4 Å². The Kier molecular flexibility index (Phi) is 14.4. The van der Waals surface area contributed by atoms with E-state index in [4.69, 9.17) is 0 Å². The van der Waals surface area contributed by atoms with E-state index in [2.05, 4.69) is 6.92 Å². The Morgan fingerprint density at radius 3 is 1.60 bits per heavy atom. The number of rotatable bonds is 12. The predicted molar refractivity (Wildman–Crippen MR) is 76.8 cm³/mol. The van der Waals surface area contributed by atoms with Crippen molar-refractivity contribution in [1.29, 1.82) is 0 Å². The zero-order chi connectivity index (χ0) is 14.8. The van der Waals surface area contributed by atoms with Gasteiger partial charge in [0.2, 0.25) is 0 Å². The quantitative estimate of drug-likeness (QED) is 0.324. The third-order valence-electron chi connectivity index (χ3n) is 3.53. The van der Waals surface area contributed by atoms with Gasteiger partial charge in [-0.15, -0.1) is 0 Å². The molecule has 0 spiro atoms. The molecule has 0 saturated heterocycles. The van der Waals surface area contributed by atoms with Gasteiger partial charge in [-0.3, -0.25) is 0 Å².